The molecule has 2 atom stereocenters. The van der Waals surface area contributed by atoms with Crippen LogP contribution in [0.2, 0.25) is 5.02 Å². The molecule has 2 fully saturated rings. The number of halogens is 11. The second-order valence-corrected chi connectivity index (χ2v) is 25.0. The topological polar surface area (TPSA) is 220 Å². The number of hydrogen-bond donors (Lipinski definition) is 3. The molecule has 0 spiro atoms. The number of carbonyl (C=O) groups excluding carboxylic acids is 4. The summed E-state index contributed by atoms with van der Waals surface area (Å²) in [5.41, 5.74) is 2.50. The number of aliphatic hydroxyl groups excluding tert-OH is 1. The third-order valence-corrected chi connectivity index (χ3v) is 18.2. The number of thiazole rings is 4. The molecule has 0 unspecified atom stereocenters. The molecule has 31 heteroatoms. The van der Waals surface area contributed by atoms with E-state index >= 15 is 8.78 Å². The molecule has 4 aromatic heterocycles. The largest absolute Gasteiger partial charge is 0.489 e. The van der Waals surface area contributed by atoms with Crippen molar-refractivity contribution in [2.45, 2.75) is 75.5 Å². The molecule has 0 radical (unpaired) electrons. The lowest BCUT2D eigenvalue weighted by atomic mass is 10.0. The zero-order valence-electron chi connectivity index (χ0n) is 49.6. The number of rotatable bonds is 21. The number of carbonyl (C=O) groups is 5. The summed E-state index contributed by atoms with van der Waals surface area (Å²) in [6.45, 7) is 4.80. The van der Waals surface area contributed by atoms with Crippen LogP contribution in [0.15, 0.2) is 140 Å². The monoisotopic (exact) mass is 1420 g/mol. The second-order valence-electron chi connectivity index (χ2n) is 20.5. The van der Waals surface area contributed by atoms with Gasteiger partial charge >= 0.3 is 35.7 Å². The number of carboxylic acids is 1. The van der Waals surface area contributed by atoms with Gasteiger partial charge in [-0.05, 0) is 167 Å². The van der Waals surface area contributed by atoms with Gasteiger partial charge in [-0.2, -0.15) is 26.3 Å². The maximum atomic E-state index is 15.3. The van der Waals surface area contributed by atoms with E-state index in [1.54, 1.807) is 37.3 Å². The number of nitrogens with zero attached hydrogens (tertiary/aromatic N) is 5. The maximum absolute atomic E-state index is 15.3. The number of Topliss-reactive ketones (excluding diaryl/α,β-unsaturated/α-hetero) is 1. The summed E-state index contributed by atoms with van der Waals surface area (Å²) in [5.74, 6) is -19.7. The lowest BCUT2D eigenvalue weighted by molar-refractivity contribution is -0.172. The van der Waals surface area contributed by atoms with Gasteiger partial charge in [-0.25, -0.2) is 51.9 Å². The molecule has 11 rings (SSSR count). The molecular formula is C64H53ClF10N6O10S4. The zero-order valence-corrected chi connectivity index (χ0v) is 53.6. The fourth-order valence-corrected chi connectivity index (χ4v) is 12.2. The van der Waals surface area contributed by atoms with Crippen molar-refractivity contribution in [1.29, 1.82) is 0 Å². The van der Waals surface area contributed by atoms with Crippen molar-refractivity contribution in [2.75, 3.05) is 32.8 Å². The minimum absolute atomic E-state index is 0.127. The normalized spacial score (nSPS) is 13.7. The number of esters is 2. The van der Waals surface area contributed by atoms with Crippen molar-refractivity contribution in [3.63, 3.8) is 0 Å². The van der Waals surface area contributed by atoms with Crippen molar-refractivity contribution in [2.24, 2.45) is 0 Å². The Kier molecular flexibility index (Phi) is 24.6. The number of alkyl halides is 6. The van der Waals surface area contributed by atoms with Crippen LogP contribution in [-0.4, -0.2) is 110 Å². The number of hydrogen-bond acceptors (Lipinski definition) is 18. The van der Waals surface area contributed by atoms with Crippen LogP contribution in [0.3, 0.4) is 0 Å². The van der Waals surface area contributed by atoms with Gasteiger partial charge in [0.25, 0.3) is 11.7 Å². The first-order chi connectivity index (χ1) is 45.2. The molecule has 0 bridgehead atoms. The molecule has 1 saturated carbocycles. The first-order valence-corrected chi connectivity index (χ1v) is 32.1. The Morgan fingerprint density at radius 2 is 1.00 bits per heavy atom. The number of benzene rings is 5. The van der Waals surface area contributed by atoms with Crippen LogP contribution in [0.1, 0.15) is 75.5 Å². The summed E-state index contributed by atoms with van der Waals surface area (Å²) in [5, 5.41) is 23.6. The summed E-state index contributed by atoms with van der Waals surface area (Å²) in [6, 6.07) is 25.2. The highest BCUT2D eigenvalue weighted by molar-refractivity contribution is 7.17. The van der Waals surface area contributed by atoms with Gasteiger partial charge in [-0.15, -0.1) is 45.3 Å². The molecule has 2 aliphatic rings. The fraction of sp³-hybridized carbons (Fsp3) is 0.266. The summed E-state index contributed by atoms with van der Waals surface area (Å²) in [7, 11) is 0. The van der Waals surface area contributed by atoms with Crippen LogP contribution in [0.5, 0.6) is 5.75 Å². The van der Waals surface area contributed by atoms with Gasteiger partial charge < -0.3 is 34.6 Å². The smallest absolute Gasteiger partial charge is 0.382 e. The van der Waals surface area contributed by atoms with E-state index in [2.05, 4.69) is 34.7 Å². The molecule has 5 heterocycles. The lowest BCUT2D eigenvalue weighted by Gasteiger charge is -2.30. The summed E-state index contributed by atoms with van der Waals surface area (Å²) < 4.78 is 151. The van der Waals surface area contributed by atoms with Crippen LogP contribution in [-0.2, 0) is 46.4 Å². The number of aliphatic hydroxyl groups is 1. The molecule has 5 aromatic carbocycles. The number of carboxylic acid groups (broad SMARTS) is 1. The summed E-state index contributed by atoms with van der Waals surface area (Å²) in [4.78, 5) is 73.6. The molecule has 9 aromatic rings. The Bertz CT molecular complexity index is 4100. The van der Waals surface area contributed by atoms with Crippen LogP contribution in [0, 0.1) is 23.3 Å². The van der Waals surface area contributed by atoms with E-state index < -0.39 is 91.6 Å². The minimum atomic E-state index is -3.96. The Morgan fingerprint density at radius 3 is 1.41 bits per heavy atom. The van der Waals surface area contributed by atoms with E-state index in [1.165, 1.54) is 98.0 Å². The lowest BCUT2D eigenvalue weighted by Crippen LogP contribution is -2.50. The van der Waals surface area contributed by atoms with Crippen molar-refractivity contribution in [1.82, 2.24) is 30.2 Å². The Balaban J connectivity index is 0.000000173. The standard InChI is InChI=1S/C27H27ClF3N3O3S.C13H10F3NO2S.C13H10FNO3S.C11H6F3NO2S/c28-20-13-17(5-10-22(20)37-19-8-9-19)24(35)21(15-34-11-1-2-12-34)33-26(36)27(30,31)23-14-32-25(38-23)16-3-6-18(29)7-4-16;1-2-19-12(18)13(15,16)10-7-17-11(20-10)8-3-5-9(14)6-4-8;1-2-18-13(17)11(16)10-7-15-12(19-10)8-3-5-9(14)6-4-8;12-7-3-1-6(2-4-7)9-15-5-8(18-9)11(13,14)10(16)17/h3-7,10,13-14,19,21,24,35H,1-2,8-9,11-12,15H2,(H,33,36);3-7H,2H2,1H3;3-7H,2H2,1H3;1-5H,(H,16,17)/t21-,24-;;;/m1.../s1. The van der Waals surface area contributed by atoms with E-state index in [0.717, 1.165) is 68.7 Å². The summed E-state index contributed by atoms with van der Waals surface area (Å²) >= 11 is 9.32. The van der Waals surface area contributed by atoms with E-state index in [0.29, 0.717) is 77.6 Å². The van der Waals surface area contributed by atoms with Crippen molar-refractivity contribution in [3.8, 4) is 48.0 Å². The van der Waals surface area contributed by atoms with Gasteiger partial charge in [0.15, 0.2) is 0 Å². The summed E-state index contributed by atoms with van der Waals surface area (Å²) in [6.07, 6.45) is 6.72. The van der Waals surface area contributed by atoms with Crippen molar-refractivity contribution < 1.29 is 92.3 Å². The van der Waals surface area contributed by atoms with E-state index in [4.69, 9.17) is 21.4 Å². The number of aliphatic carboxylic acids is 1. The molecule has 1 saturated heterocycles. The first-order valence-electron chi connectivity index (χ1n) is 28.5. The highest BCUT2D eigenvalue weighted by atomic mass is 35.5. The highest BCUT2D eigenvalue weighted by Crippen LogP contribution is 2.41. The molecule has 500 valence electrons. The first kappa shape index (κ1) is 72.3. The van der Waals surface area contributed by atoms with Gasteiger partial charge in [0.1, 0.15) is 74.7 Å². The molecule has 1 aliphatic heterocycles. The van der Waals surface area contributed by atoms with E-state index in [9.17, 15) is 64.2 Å². The zero-order chi connectivity index (χ0) is 68.8. The van der Waals surface area contributed by atoms with E-state index in [1.807, 2.05) is 4.90 Å². The Morgan fingerprint density at radius 1 is 0.589 bits per heavy atom. The third kappa shape index (κ3) is 19.1. The molecular weight excluding hydrogens is 1370 g/mol. The molecule has 1 aliphatic carbocycles. The molecule has 16 nitrogen and oxygen atoms in total. The van der Waals surface area contributed by atoms with Gasteiger partial charge in [0, 0.05) is 47.4 Å². The number of nitrogens with one attached hydrogen (secondary N) is 1. The van der Waals surface area contributed by atoms with Crippen LogP contribution in [0.25, 0.3) is 42.3 Å². The van der Waals surface area contributed by atoms with Crippen molar-refractivity contribution in [3.05, 3.63) is 193 Å². The fourth-order valence-electron chi connectivity index (χ4n) is 8.50. The van der Waals surface area contributed by atoms with Crippen LogP contribution >= 0.6 is 56.9 Å². The molecule has 95 heavy (non-hydrogen) atoms. The number of aromatic nitrogens is 4. The SMILES string of the molecule is CCOC(=O)C(=O)c1cnc(-c2ccc(F)cc2)s1.CCOC(=O)C(F)(F)c1cnc(-c2ccc(F)cc2)s1.O=C(N[C@H](CN1CCCC1)[C@H](O)c1ccc(OC2CC2)c(Cl)c1)C(F)(F)c1cnc(-c2ccc(F)cc2)s1.O=C(O)C(F)(F)c1cnc(-c2ccc(F)cc2)s1. The number of ether oxygens (including phenoxy) is 3. The second kappa shape index (κ2) is 32.3. The number of likely N-dealkylation sites (tertiary alicyclic amines) is 1. The predicted octanol–water partition coefficient (Wildman–Crippen LogP) is 15.0. The maximum Gasteiger partial charge on any atom is 0.382 e. The highest BCUT2D eigenvalue weighted by Gasteiger charge is 2.47. The average Bonchev–Trinajstić information content (AvgIpc) is 1.87. The van der Waals surface area contributed by atoms with Gasteiger partial charge in [0.05, 0.1) is 36.6 Å². The average molecular weight is 1420 g/mol. The van der Waals surface area contributed by atoms with Gasteiger partial charge in [-0.1, -0.05) is 17.7 Å². The Labute approximate surface area is 555 Å². The number of amides is 1. The quantitative estimate of drug-likeness (QED) is 0.0264. The van der Waals surface area contributed by atoms with Crippen molar-refractivity contribution >= 4 is 86.5 Å². The number of ketones is 1. The third-order valence-electron chi connectivity index (χ3n) is 13.6. The molecule has 3 N–H and O–H groups in total. The Hall–Kier alpha value is -8.52. The van der Waals surface area contributed by atoms with Gasteiger partial charge in [0.2, 0.25) is 0 Å². The van der Waals surface area contributed by atoms with E-state index in [-0.39, 0.29) is 51.6 Å². The van der Waals surface area contributed by atoms with Crippen LogP contribution in [0.4, 0.5) is 43.9 Å². The van der Waals surface area contributed by atoms with Gasteiger partial charge in [-0.3, -0.25) is 9.59 Å². The van der Waals surface area contributed by atoms with Crippen LogP contribution < -0.4 is 10.1 Å². The molecule has 1 amide bonds. The predicted molar refractivity (Wildman–Crippen MR) is 335 cm³/mol. The minimum Gasteiger partial charge on any atom is -0.489 e.